The van der Waals surface area contributed by atoms with Gasteiger partial charge in [0.1, 0.15) is 17.8 Å². The summed E-state index contributed by atoms with van der Waals surface area (Å²) in [4.78, 5) is 21.0. The summed E-state index contributed by atoms with van der Waals surface area (Å²) >= 11 is 0. The minimum absolute atomic E-state index is 0.120. The zero-order chi connectivity index (χ0) is 20.2. The van der Waals surface area contributed by atoms with E-state index in [-0.39, 0.29) is 5.91 Å². The van der Waals surface area contributed by atoms with Crippen LogP contribution in [-0.2, 0) is 0 Å². The van der Waals surface area contributed by atoms with Gasteiger partial charge in [0.2, 0.25) is 0 Å². The van der Waals surface area contributed by atoms with E-state index in [9.17, 15) is 4.79 Å². The second-order valence-corrected chi connectivity index (χ2v) is 7.34. The number of amides is 1. The van der Waals surface area contributed by atoms with Gasteiger partial charge in [-0.2, -0.15) is 10.1 Å². The number of carbonyl (C=O) groups excluding carboxylic acids is 1. The standard InChI is InChI=1S/C21H25N5O3/c1-28-16-7-8-17(19(11-16)29-2)20(27)23-12-14-3-5-15(6-4-14)18-9-10-22-21-24-13-25-26(18)21/h7-11,13-15H,3-6,12H2,1-2H3,(H,23,27). The van der Waals surface area contributed by atoms with Crippen molar-refractivity contribution in [2.75, 3.05) is 20.8 Å². The van der Waals surface area contributed by atoms with E-state index in [4.69, 9.17) is 9.47 Å². The third-order valence-electron chi connectivity index (χ3n) is 5.68. The van der Waals surface area contributed by atoms with Crippen molar-refractivity contribution in [2.45, 2.75) is 31.6 Å². The van der Waals surface area contributed by atoms with Crippen LogP contribution in [0.3, 0.4) is 0 Å². The Hall–Kier alpha value is -3.16. The lowest BCUT2D eigenvalue weighted by Crippen LogP contribution is -2.31. The molecule has 0 aliphatic heterocycles. The largest absolute Gasteiger partial charge is 0.497 e. The van der Waals surface area contributed by atoms with Crippen molar-refractivity contribution >= 4 is 11.7 Å². The van der Waals surface area contributed by atoms with Gasteiger partial charge in [-0.3, -0.25) is 4.79 Å². The van der Waals surface area contributed by atoms with Crippen LogP contribution in [0.4, 0.5) is 0 Å². The fraction of sp³-hybridized carbons (Fsp3) is 0.429. The smallest absolute Gasteiger partial charge is 0.255 e. The van der Waals surface area contributed by atoms with E-state index >= 15 is 0 Å². The van der Waals surface area contributed by atoms with Gasteiger partial charge in [-0.25, -0.2) is 9.50 Å². The van der Waals surface area contributed by atoms with Gasteiger partial charge in [-0.15, -0.1) is 0 Å². The normalized spacial score (nSPS) is 19.1. The van der Waals surface area contributed by atoms with Gasteiger partial charge in [0, 0.05) is 24.7 Å². The maximum absolute atomic E-state index is 12.6. The van der Waals surface area contributed by atoms with Crippen LogP contribution in [0.15, 0.2) is 36.8 Å². The molecule has 0 unspecified atom stereocenters. The average molecular weight is 395 g/mol. The Morgan fingerprint density at radius 3 is 2.72 bits per heavy atom. The monoisotopic (exact) mass is 395 g/mol. The number of carbonyl (C=O) groups is 1. The Bertz CT molecular complexity index is 995. The number of fused-ring (bicyclic) bond motifs is 1. The summed E-state index contributed by atoms with van der Waals surface area (Å²) in [6.07, 6.45) is 7.58. The molecule has 152 valence electrons. The van der Waals surface area contributed by atoms with Gasteiger partial charge < -0.3 is 14.8 Å². The van der Waals surface area contributed by atoms with E-state index in [1.165, 1.54) is 0 Å². The minimum Gasteiger partial charge on any atom is -0.497 e. The number of nitrogens with zero attached hydrogens (tertiary/aromatic N) is 4. The molecule has 4 rings (SSSR count). The van der Waals surface area contributed by atoms with Crippen molar-refractivity contribution < 1.29 is 14.3 Å². The molecule has 1 aliphatic carbocycles. The highest BCUT2D eigenvalue weighted by Gasteiger charge is 2.25. The lowest BCUT2D eigenvalue weighted by Gasteiger charge is -2.28. The van der Waals surface area contributed by atoms with Gasteiger partial charge in [0.15, 0.2) is 0 Å². The van der Waals surface area contributed by atoms with Crippen LogP contribution in [0.5, 0.6) is 11.5 Å². The highest BCUT2D eigenvalue weighted by Crippen LogP contribution is 2.35. The lowest BCUT2D eigenvalue weighted by molar-refractivity contribution is 0.0939. The molecule has 3 aromatic rings. The SMILES string of the molecule is COc1ccc(C(=O)NCC2CCC(c3ccnc4ncnn34)CC2)c(OC)c1. The molecule has 8 heteroatoms. The molecule has 2 aromatic heterocycles. The van der Waals surface area contributed by atoms with E-state index in [0.717, 1.165) is 31.4 Å². The molecule has 29 heavy (non-hydrogen) atoms. The minimum atomic E-state index is -0.120. The highest BCUT2D eigenvalue weighted by atomic mass is 16.5. The summed E-state index contributed by atoms with van der Waals surface area (Å²) < 4.78 is 12.4. The fourth-order valence-corrected chi connectivity index (χ4v) is 4.05. The van der Waals surface area contributed by atoms with Gasteiger partial charge >= 0.3 is 0 Å². The molecule has 1 saturated carbocycles. The number of aromatic nitrogens is 4. The lowest BCUT2D eigenvalue weighted by atomic mass is 9.80. The first kappa shape index (κ1) is 19.2. The molecule has 0 atom stereocenters. The quantitative estimate of drug-likeness (QED) is 0.690. The van der Waals surface area contributed by atoms with Crippen LogP contribution in [0, 0.1) is 5.92 Å². The van der Waals surface area contributed by atoms with E-state index in [1.807, 2.05) is 10.6 Å². The molecular formula is C21H25N5O3. The van der Waals surface area contributed by atoms with Crippen LogP contribution >= 0.6 is 0 Å². The number of rotatable bonds is 6. The first-order valence-corrected chi connectivity index (χ1v) is 9.84. The summed E-state index contributed by atoms with van der Waals surface area (Å²) in [6.45, 7) is 0.663. The predicted octanol–water partition coefficient (Wildman–Crippen LogP) is 2.85. The van der Waals surface area contributed by atoms with Crippen LogP contribution in [0.1, 0.15) is 47.7 Å². The van der Waals surface area contributed by atoms with Gasteiger partial charge in [-0.1, -0.05) is 0 Å². The average Bonchev–Trinajstić information content (AvgIpc) is 3.26. The number of ether oxygens (including phenoxy) is 2. The van der Waals surface area contributed by atoms with Crippen LogP contribution in [0.2, 0.25) is 0 Å². The first-order chi connectivity index (χ1) is 14.2. The second-order valence-electron chi connectivity index (χ2n) is 7.34. The van der Waals surface area contributed by atoms with Crippen LogP contribution in [0.25, 0.3) is 5.78 Å². The number of methoxy groups -OCH3 is 2. The maximum atomic E-state index is 12.6. The Morgan fingerprint density at radius 1 is 1.14 bits per heavy atom. The predicted molar refractivity (Wildman–Crippen MR) is 107 cm³/mol. The molecule has 0 bridgehead atoms. The van der Waals surface area contributed by atoms with Gasteiger partial charge in [0.05, 0.1) is 25.5 Å². The molecule has 1 fully saturated rings. The summed E-state index contributed by atoms with van der Waals surface area (Å²) in [6, 6.07) is 7.25. The van der Waals surface area contributed by atoms with E-state index < -0.39 is 0 Å². The molecule has 1 N–H and O–H groups in total. The molecule has 1 aromatic carbocycles. The third kappa shape index (κ3) is 4.01. The van der Waals surface area contributed by atoms with Crippen molar-refractivity contribution in [3.8, 4) is 11.5 Å². The van der Waals surface area contributed by atoms with Crippen molar-refractivity contribution in [1.29, 1.82) is 0 Å². The number of hydrogen-bond acceptors (Lipinski definition) is 6. The molecule has 2 heterocycles. The first-order valence-electron chi connectivity index (χ1n) is 9.84. The molecule has 1 aliphatic rings. The summed E-state index contributed by atoms with van der Waals surface area (Å²) in [5.74, 6) is 2.60. The Balaban J connectivity index is 1.33. The number of nitrogens with one attached hydrogen (secondary N) is 1. The number of hydrogen-bond donors (Lipinski definition) is 1. The van der Waals surface area contributed by atoms with E-state index in [2.05, 4.69) is 20.4 Å². The Morgan fingerprint density at radius 2 is 1.97 bits per heavy atom. The molecule has 8 nitrogen and oxygen atoms in total. The van der Waals surface area contributed by atoms with Crippen molar-refractivity contribution in [1.82, 2.24) is 24.9 Å². The zero-order valence-electron chi connectivity index (χ0n) is 16.7. The Kier molecular flexibility index (Phi) is 5.59. The molecule has 0 radical (unpaired) electrons. The highest BCUT2D eigenvalue weighted by molar-refractivity contribution is 5.97. The van der Waals surface area contributed by atoms with Gasteiger partial charge in [-0.05, 0) is 49.8 Å². The van der Waals surface area contributed by atoms with E-state index in [1.54, 1.807) is 44.9 Å². The fourth-order valence-electron chi connectivity index (χ4n) is 4.05. The summed E-state index contributed by atoms with van der Waals surface area (Å²) in [5, 5.41) is 7.36. The zero-order valence-corrected chi connectivity index (χ0v) is 16.7. The van der Waals surface area contributed by atoms with Crippen molar-refractivity contribution in [2.24, 2.45) is 5.92 Å². The molecular weight excluding hydrogens is 370 g/mol. The van der Waals surface area contributed by atoms with Crippen molar-refractivity contribution in [3.63, 3.8) is 0 Å². The maximum Gasteiger partial charge on any atom is 0.255 e. The topological polar surface area (TPSA) is 90.6 Å². The summed E-state index contributed by atoms with van der Waals surface area (Å²) in [7, 11) is 3.14. The van der Waals surface area contributed by atoms with Crippen molar-refractivity contribution in [3.05, 3.63) is 48.0 Å². The molecule has 0 saturated heterocycles. The van der Waals surface area contributed by atoms with Crippen LogP contribution in [-0.4, -0.2) is 46.3 Å². The molecule has 1 amide bonds. The molecule has 0 spiro atoms. The Labute approximate surface area is 169 Å². The third-order valence-corrected chi connectivity index (χ3v) is 5.68. The van der Waals surface area contributed by atoms with Crippen LogP contribution < -0.4 is 14.8 Å². The summed E-state index contributed by atoms with van der Waals surface area (Å²) in [5.41, 5.74) is 1.69. The van der Waals surface area contributed by atoms with Gasteiger partial charge in [0.25, 0.3) is 11.7 Å². The van der Waals surface area contributed by atoms with E-state index in [0.29, 0.717) is 41.2 Å². The second kappa shape index (κ2) is 8.46. The number of benzene rings is 1.